The molecule has 92 valence electrons. The van der Waals surface area contributed by atoms with Gasteiger partial charge in [0.15, 0.2) is 0 Å². The Bertz CT molecular complexity index is 510. The molecule has 0 atom stereocenters. The molecule has 1 heterocycles. The van der Waals surface area contributed by atoms with Gasteiger partial charge in [-0.15, -0.1) is 11.3 Å². The van der Waals surface area contributed by atoms with E-state index in [0.29, 0.717) is 5.41 Å². The van der Waals surface area contributed by atoms with Crippen LogP contribution in [0.15, 0.2) is 24.3 Å². The molecule has 0 radical (unpaired) electrons. The standard InChI is InChI=1S/C14H18ClNS/c1-14(2,3)9-16-8-12-13(15)10-6-4-5-7-11(10)17-12/h4-7,16H,8-9H2,1-3H3. The summed E-state index contributed by atoms with van der Waals surface area (Å²) >= 11 is 8.16. The molecule has 0 aliphatic rings. The van der Waals surface area contributed by atoms with Crippen LogP contribution < -0.4 is 5.32 Å². The monoisotopic (exact) mass is 267 g/mol. The predicted molar refractivity (Wildman–Crippen MR) is 78.0 cm³/mol. The van der Waals surface area contributed by atoms with E-state index in [4.69, 9.17) is 11.6 Å². The van der Waals surface area contributed by atoms with Crippen molar-refractivity contribution in [1.29, 1.82) is 0 Å². The second-order valence-electron chi connectivity index (χ2n) is 5.50. The van der Waals surface area contributed by atoms with Crippen LogP contribution >= 0.6 is 22.9 Å². The van der Waals surface area contributed by atoms with E-state index in [9.17, 15) is 0 Å². The number of halogens is 1. The maximum absolute atomic E-state index is 6.38. The van der Waals surface area contributed by atoms with Gasteiger partial charge in [0.1, 0.15) is 0 Å². The number of hydrogen-bond acceptors (Lipinski definition) is 2. The molecular weight excluding hydrogens is 250 g/mol. The van der Waals surface area contributed by atoms with Crippen LogP contribution in [0.5, 0.6) is 0 Å². The molecule has 0 spiro atoms. The fourth-order valence-electron chi connectivity index (χ4n) is 1.73. The number of rotatable bonds is 3. The second-order valence-corrected chi connectivity index (χ2v) is 7.01. The predicted octanol–water partition coefficient (Wildman–Crippen LogP) is 4.69. The first kappa shape index (κ1) is 12.9. The average Bonchev–Trinajstić information content (AvgIpc) is 2.55. The molecule has 2 aromatic rings. The number of nitrogens with one attached hydrogen (secondary N) is 1. The summed E-state index contributed by atoms with van der Waals surface area (Å²) in [5, 5.41) is 5.55. The van der Waals surface area contributed by atoms with Crippen molar-refractivity contribution in [2.75, 3.05) is 6.54 Å². The summed E-state index contributed by atoms with van der Waals surface area (Å²) in [5.74, 6) is 0. The van der Waals surface area contributed by atoms with Gasteiger partial charge in [0.05, 0.1) is 5.02 Å². The lowest BCUT2D eigenvalue weighted by molar-refractivity contribution is 0.380. The first-order valence-electron chi connectivity index (χ1n) is 5.84. The van der Waals surface area contributed by atoms with Crippen LogP contribution in [0.4, 0.5) is 0 Å². The van der Waals surface area contributed by atoms with Gasteiger partial charge in [-0.1, -0.05) is 50.6 Å². The van der Waals surface area contributed by atoms with E-state index >= 15 is 0 Å². The summed E-state index contributed by atoms with van der Waals surface area (Å²) in [6.45, 7) is 8.54. The summed E-state index contributed by atoms with van der Waals surface area (Å²) in [5.41, 5.74) is 0.309. The molecule has 0 amide bonds. The van der Waals surface area contributed by atoms with Crippen molar-refractivity contribution in [1.82, 2.24) is 5.32 Å². The quantitative estimate of drug-likeness (QED) is 0.851. The number of hydrogen-bond donors (Lipinski definition) is 1. The van der Waals surface area contributed by atoms with Crippen LogP contribution in [0.1, 0.15) is 25.6 Å². The van der Waals surface area contributed by atoms with E-state index in [0.717, 1.165) is 18.1 Å². The van der Waals surface area contributed by atoms with Crippen molar-refractivity contribution in [3.05, 3.63) is 34.2 Å². The van der Waals surface area contributed by atoms with Gasteiger partial charge in [0, 0.05) is 28.1 Å². The van der Waals surface area contributed by atoms with Gasteiger partial charge in [-0.25, -0.2) is 0 Å². The number of fused-ring (bicyclic) bond motifs is 1. The minimum atomic E-state index is 0.309. The zero-order valence-corrected chi connectivity index (χ0v) is 12.1. The molecule has 0 fully saturated rings. The molecule has 0 aliphatic heterocycles. The summed E-state index contributed by atoms with van der Waals surface area (Å²) < 4.78 is 1.27. The van der Waals surface area contributed by atoms with Gasteiger partial charge in [0.2, 0.25) is 0 Å². The molecule has 0 saturated heterocycles. The van der Waals surface area contributed by atoms with Crippen molar-refractivity contribution < 1.29 is 0 Å². The zero-order valence-electron chi connectivity index (χ0n) is 10.5. The van der Waals surface area contributed by atoms with E-state index in [-0.39, 0.29) is 0 Å². The third-order valence-electron chi connectivity index (χ3n) is 2.54. The van der Waals surface area contributed by atoms with Crippen LogP contribution in [-0.4, -0.2) is 6.54 Å². The van der Waals surface area contributed by atoms with Crippen molar-refractivity contribution in [2.45, 2.75) is 27.3 Å². The SMILES string of the molecule is CC(C)(C)CNCc1sc2ccccc2c1Cl. The number of thiophene rings is 1. The molecule has 3 heteroatoms. The highest BCUT2D eigenvalue weighted by Crippen LogP contribution is 2.34. The van der Waals surface area contributed by atoms with E-state index < -0.39 is 0 Å². The van der Waals surface area contributed by atoms with Gasteiger partial charge >= 0.3 is 0 Å². The number of benzene rings is 1. The Morgan fingerprint density at radius 2 is 1.94 bits per heavy atom. The Morgan fingerprint density at radius 3 is 2.59 bits per heavy atom. The average molecular weight is 268 g/mol. The van der Waals surface area contributed by atoms with E-state index in [1.165, 1.54) is 15.0 Å². The lowest BCUT2D eigenvalue weighted by atomic mass is 9.97. The van der Waals surface area contributed by atoms with Crippen LogP contribution in [0.2, 0.25) is 5.02 Å². The first-order valence-corrected chi connectivity index (χ1v) is 7.03. The fraction of sp³-hybridized carbons (Fsp3) is 0.429. The van der Waals surface area contributed by atoms with Crippen molar-refractivity contribution >= 4 is 33.0 Å². The second kappa shape index (κ2) is 4.97. The Labute approximate surface area is 112 Å². The highest BCUT2D eigenvalue weighted by atomic mass is 35.5. The summed E-state index contributed by atoms with van der Waals surface area (Å²) in [7, 11) is 0. The maximum atomic E-state index is 6.38. The van der Waals surface area contributed by atoms with E-state index in [1.807, 2.05) is 6.07 Å². The molecule has 2 rings (SSSR count). The normalized spacial score (nSPS) is 12.2. The molecule has 1 aromatic heterocycles. The van der Waals surface area contributed by atoms with Crippen LogP contribution in [-0.2, 0) is 6.54 Å². The topological polar surface area (TPSA) is 12.0 Å². The Balaban J connectivity index is 2.11. The summed E-state index contributed by atoms with van der Waals surface area (Å²) in [6, 6.07) is 8.30. The van der Waals surface area contributed by atoms with Crippen LogP contribution in [0, 0.1) is 5.41 Å². The van der Waals surface area contributed by atoms with Crippen molar-refractivity contribution in [2.24, 2.45) is 5.41 Å². The molecule has 17 heavy (non-hydrogen) atoms. The fourth-order valence-corrected chi connectivity index (χ4v) is 3.20. The molecule has 1 nitrogen and oxygen atoms in total. The molecule has 0 aliphatic carbocycles. The minimum Gasteiger partial charge on any atom is -0.311 e. The Kier molecular flexibility index (Phi) is 3.76. The third kappa shape index (κ3) is 3.21. The molecule has 0 bridgehead atoms. The molecule has 0 saturated carbocycles. The van der Waals surface area contributed by atoms with E-state index in [1.54, 1.807) is 11.3 Å². The lowest BCUT2D eigenvalue weighted by Crippen LogP contribution is -2.26. The van der Waals surface area contributed by atoms with E-state index in [2.05, 4.69) is 44.3 Å². The van der Waals surface area contributed by atoms with Gasteiger partial charge in [-0.2, -0.15) is 0 Å². The lowest BCUT2D eigenvalue weighted by Gasteiger charge is -2.18. The largest absolute Gasteiger partial charge is 0.311 e. The highest BCUT2D eigenvalue weighted by Gasteiger charge is 2.12. The van der Waals surface area contributed by atoms with Gasteiger partial charge < -0.3 is 5.32 Å². The zero-order chi connectivity index (χ0) is 12.5. The first-order chi connectivity index (χ1) is 7.97. The van der Waals surface area contributed by atoms with Crippen LogP contribution in [0.3, 0.4) is 0 Å². The molecular formula is C14H18ClNS. The van der Waals surface area contributed by atoms with Gasteiger partial charge in [-0.05, 0) is 11.5 Å². The molecule has 1 aromatic carbocycles. The minimum absolute atomic E-state index is 0.309. The Hall–Kier alpha value is -0.570. The smallest absolute Gasteiger partial charge is 0.0636 e. The maximum Gasteiger partial charge on any atom is 0.0636 e. The molecule has 0 unspecified atom stereocenters. The van der Waals surface area contributed by atoms with Crippen molar-refractivity contribution in [3.8, 4) is 0 Å². The van der Waals surface area contributed by atoms with Gasteiger partial charge in [-0.3, -0.25) is 0 Å². The summed E-state index contributed by atoms with van der Waals surface area (Å²) in [6.07, 6.45) is 0. The summed E-state index contributed by atoms with van der Waals surface area (Å²) in [4.78, 5) is 1.23. The van der Waals surface area contributed by atoms with Crippen molar-refractivity contribution in [3.63, 3.8) is 0 Å². The third-order valence-corrected chi connectivity index (χ3v) is 4.26. The van der Waals surface area contributed by atoms with Gasteiger partial charge in [0.25, 0.3) is 0 Å². The molecule has 1 N–H and O–H groups in total. The van der Waals surface area contributed by atoms with Crippen LogP contribution in [0.25, 0.3) is 10.1 Å². The highest BCUT2D eigenvalue weighted by molar-refractivity contribution is 7.19. The Morgan fingerprint density at radius 1 is 1.24 bits per heavy atom.